The van der Waals surface area contributed by atoms with E-state index >= 15 is 0 Å². The Kier molecular flexibility index (Phi) is 1.40. The van der Waals surface area contributed by atoms with E-state index in [9.17, 15) is 0 Å². The molecular formula is C10H10N2. The number of allylic oxidation sites excluding steroid dienone is 2. The predicted octanol–water partition coefficient (Wildman–Crippen LogP) is 1.93. The average Bonchev–Trinajstić information content (AvgIpc) is 2.04. The number of fused-ring (bicyclic) bond motifs is 1. The molecule has 0 unspecified atom stereocenters. The van der Waals surface area contributed by atoms with Crippen LogP contribution in [-0.4, -0.2) is 0 Å². The standard InChI is InChI=1S/C10H10N2/c1-7-6-10(11)12-9-5-3-2-4-8(7)9/h2-6,12H,1,11H2. The second-order valence-electron chi connectivity index (χ2n) is 2.80. The summed E-state index contributed by atoms with van der Waals surface area (Å²) < 4.78 is 0. The van der Waals surface area contributed by atoms with E-state index in [0.29, 0.717) is 5.82 Å². The first kappa shape index (κ1) is 6.98. The summed E-state index contributed by atoms with van der Waals surface area (Å²) in [5.41, 5.74) is 8.74. The molecule has 0 aromatic heterocycles. The van der Waals surface area contributed by atoms with E-state index < -0.39 is 0 Å². The van der Waals surface area contributed by atoms with Crippen molar-refractivity contribution in [2.24, 2.45) is 5.73 Å². The maximum Gasteiger partial charge on any atom is 0.101 e. The van der Waals surface area contributed by atoms with Gasteiger partial charge >= 0.3 is 0 Å². The zero-order valence-electron chi connectivity index (χ0n) is 6.67. The van der Waals surface area contributed by atoms with Crippen LogP contribution in [0.2, 0.25) is 0 Å². The van der Waals surface area contributed by atoms with E-state index in [2.05, 4.69) is 11.9 Å². The highest BCUT2D eigenvalue weighted by atomic mass is 15.0. The largest absolute Gasteiger partial charge is 0.385 e. The minimum absolute atomic E-state index is 0.652. The van der Waals surface area contributed by atoms with Crippen molar-refractivity contribution in [2.45, 2.75) is 0 Å². The van der Waals surface area contributed by atoms with E-state index in [0.717, 1.165) is 16.8 Å². The third kappa shape index (κ3) is 0.975. The number of hydrogen-bond donors (Lipinski definition) is 2. The van der Waals surface area contributed by atoms with Gasteiger partial charge in [-0.25, -0.2) is 0 Å². The number of nitrogens with two attached hydrogens (primary N) is 1. The molecule has 0 bridgehead atoms. The van der Waals surface area contributed by atoms with Crippen molar-refractivity contribution in [3.05, 3.63) is 48.3 Å². The van der Waals surface area contributed by atoms with E-state index in [-0.39, 0.29) is 0 Å². The Bertz CT molecular complexity index is 364. The fraction of sp³-hybridized carbons (Fsp3) is 0. The summed E-state index contributed by atoms with van der Waals surface area (Å²) in [6.07, 6.45) is 1.84. The highest BCUT2D eigenvalue weighted by molar-refractivity contribution is 5.85. The molecule has 0 fully saturated rings. The molecule has 1 aromatic carbocycles. The molecule has 0 aliphatic carbocycles. The Balaban J connectivity index is 2.56. The third-order valence-corrected chi connectivity index (χ3v) is 1.88. The van der Waals surface area contributed by atoms with Crippen molar-refractivity contribution < 1.29 is 0 Å². The van der Waals surface area contributed by atoms with Crippen LogP contribution in [0.1, 0.15) is 5.56 Å². The Labute approximate surface area is 71.4 Å². The molecule has 60 valence electrons. The number of rotatable bonds is 0. The fourth-order valence-corrected chi connectivity index (χ4v) is 1.33. The van der Waals surface area contributed by atoms with Crippen LogP contribution in [0.3, 0.4) is 0 Å². The predicted molar refractivity (Wildman–Crippen MR) is 51.4 cm³/mol. The zero-order chi connectivity index (χ0) is 8.55. The van der Waals surface area contributed by atoms with Crippen molar-refractivity contribution in [3.63, 3.8) is 0 Å². The molecule has 1 aliphatic heterocycles. The van der Waals surface area contributed by atoms with Crippen LogP contribution >= 0.6 is 0 Å². The summed E-state index contributed by atoms with van der Waals surface area (Å²) in [4.78, 5) is 0. The van der Waals surface area contributed by atoms with Gasteiger partial charge < -0.3 is 11.1 Å². The van der Waals surface area contributed by atoms with Crippen molar-refractivity contribution in [2.75, 3.05) is 5.32 Å². The molecule has 0 radical (unpaired) electrons. The molecule has 3 N–H and O–H groups in total. The Morgan fingerprint density at radius 2 is 2.00 bits per heavy atom. The second-order valence-corrected chi connectivity index (χ2v) is 2.80. The van der Waals surface area contributed by atoms with E-state index in [4.69, 9.17) is 5.73 Å². The van der Waals surface area contributed by atoms with Crippen molar-refractivity contribution in [1.29, 1.82) is 0 Å². The average molecular weight is 158 g/mol. The molecule has 2 heteroatoms. The molecule has 1 aliphatic rings. The number of hydrogen-bond acceptors (Lipinski definition) is 2. The van der Waals surface area contributed by atoms with E-state index in [1.165, 1.54) is 0 Å². The highest BCUT2D eigenvalue weighted by Gasteiger charge is 2.09. The van der Waals surface area contributed by atoms with Gasteiger partial charge in [0.25, 0.3) is 0 Å². The van der Waals surface area contributed by atoms with Crippen LogP contribution in [0.25, 0.3) is 5.57 Å². The van der Waals surface area contributed by atoms with Crippen molar-refractivity contribution in [1.82, 2.24) is 0 Å². The van der Waals surface area contributed by atoms with E-state index in [1.54, 1.807) is 0 Å². The van der Waals surface area contributed by atoms with Crippen LogP contribution in [0.5, 0.6) is 0 Å². The van der Waals surface area contributed by atoms with Crippen LogP contribution in [0.15, 0.2) is 42.7 Å². The number of nitrogens with one attached hydrogen (secondary N) is 1. The molecule has 1 aromatic rings. The van der Waals surface area contributed by atoms with Gasteiger partial charge in [-0.15, -0.1) is 0 Å². The normalized spacial score (nSPS) is 14.7. The maximum atomic E-state index is 5.63. The van der Waals surface area contributed by atoms with Crippen LogP contribution in [-0.2, 0) is 0 Å². The summed E-state index contributed by atoms with van der Waals surface area (Å²) in [7, 11) is 0. The van der Waals surface area contributed by atoms with Gasteiger partial charge in [0.1, 0.15) is 5.82 Å². The molecular weight excluding hydrogens is 148 g/mol. The van der Waals surface area contributed by atoms with Gasteiger partial charge in [0.05, 0.1) is 0 Å². The molecule has 0 atom stereocenters. The highest BCUT2D eigenvalue weighted by Crippen LogP contribution is 2.27. The first-order chi connectivity index (χ1) is 5.77. The lowest BCUT2D eigenvalue weighted by Gasteiger charge is -2.17. The first-order valence-corrected chi connectivity index (χ1v) is 3.80. The minimum Gasteiger partial charge on any atom is -0.385 e. The number of para-hydroxylation sites is 1. The van der Waals surface area contributed by atoms with E-state index in [1.807, 2.05) is 30.3 Å². The van der Waals surface area contributed by atoms with Gasteiger partial charge in [0.15, 0.2) is 0 Å². The van der Waals surface area contributed by atoms with Gasteiger partial charge in [-0.3, -0.25) is 0 Å². The lowest BCUT2D eigenvalue weighted by Crippen LogP contribution is -2.13. The molecule has 0 spiro atoms. The van der Waals surface area contributed by atoms with Gasteiger partial charge in [-0.05, 0) is 17.7 Å². The quantitative estimate of drug-likeness (QED) is 0.605. The summed E-state index contributed by atoms with van der Waals surface area (Å²) >= 11 is 0. The van der Waals surface area contributed by atoms with Crippen molar-refractivity contribution in [3.8, 4) is 0 Å². The van der Waals surface area contributed by atoms with Crippen LogP contribution in [0, 0.1) is 0 Å². The summed E-state index contributed by atoms with van der Waals surface area (Å²) in [6.45, 7) is 3.91. The third-order valence-electron chi connectivity index (χ3n) is 1.88. The van der Waals surface area contributed by atoms with Crippen LogP contribution in [0.4, 0.5) is 5.69 Å². The smallest absolute Gasteiger partial charge is 0.101 e. The summed E-state index contributed by atoms with van der Waals surface area (Å²) in [6, 6.07) is 7.97. The first-order valence-electron chi connectivity index (χ1n) is 3.80. The summed E-state index contributed by atoms with van der Waals surface area (Å²) in [5, 5.41) is 3.07. The second kappa shape index (κ2) is 2.41. The maximum absolute atomic E-state index is 5.63. The topological polar surface area (TPSA) is 38.0 Å². The van der Waals surface area contributed by atoms with Gasteiger partial charge in [0, 0.05) is 11.3 Å². The Morgan fingerprint density at radius 3 is 2.83 bits per heavy atom. The lowest BCUT2D eigenvalue weighted by atomic mass is 10.0. The van der Waals surface area contributed by atoms with Crippen molar-refractivity contribution >= 4 is 11.3 Å². The Morgan fingerprint density at radius 1 is 1.25 bits per heavy atom. The zero-order valence-corrected chi connectivity index (χ0v) is 6.67. The fourth-order valence-electron chi connectivity index (χ4n) is 1.33. The molecule has 0 saturated carbocycles. The Hall–Kier alpha value is -1.70. The number of benzene rings is 1. The molecule has 1 heterocycles. The van der Waals surface area contributed by atoms with Crippen LogP contribution < -0.4 is 11.1 Å². The van der Waals surface area contributed by atoms with Gasteiger partial charge in [-0.1, -0.05) is 24.8 Å². The molecule has 12 heavy (non-hydrogen) atoms. The lowest BCUT2D eigenvalue weighted by molar-refractivity contribution is 1.28. The molecule has 2 nitrogen and oxygen atoms in total. The van der Waals surface area contributed by atoms with Gasteiger partial charge in [0.2, 0.25) is 0 Å². The molecule has 0 amide bonds. The monoisotopic (exact) mass is 158 g/mol. The minimum atomic E-state index is 0.652. The SMILES string of the molecule is C=C1C=C(N)Nc2ccccc21. The summed E-state index contributed by atoms with van der Waals surface area (Å²) in [5.74, 6) is 0.652. The number of anilines is 1. The molecule has 0 saturated heterocycles. The molecule has 2 rings (SSSR count). The van der Waals surface area contributed by atoms with Gasteiger partial charge in [-0.2, -0.15) is 0 Å².